The molecule has 0 fully saturated rings. The Morgan fingerprint density at radius 3 is 2.28 bits per heavy atom. The molecular weight excluding hydrogens is 254 g/mol. The van der Waals surface area contributed by atoms with Crippen molar-refractivity contribution in [3.8, 4) is 0 Å². The van der Waals surface area contributed by atoms with E-state index in [4.69, 9.17) is 8.85 Å². The first kappa shape index (κ1) is 15.3. The molecule has 5 heteroatoms. The van der Waals surface area contributed by atoms with Crippen LogP contribution in [0.1, 0.15) is 25.8 Å². The maximum atomic E-state index is 13.0. The molecule has 0 aliphatic rings. The number of benzene rings is 1. The van der Waals surface area contributed by atoms with Gasteiger partial charge in [0.05, 0.1) is 0 Å². The fraction of sp³-hybridized carbons (Fsp3) is 0.538. The molecule has 102 valence electrons. The van der Waals surface area contributed by atoms with Crippen LogP contribution in [-0.4, -0.2) is 22.5 Å². The Hall–Kier alpha value is -0.783. The number of hydrogen-bond donors (Lipinski definition) is 0. The Morgan fingerprint density at radius 1 is 1.06 bits per heavy atom. The summed E-state index contributed by atoms with van der Waals surface area (Å²) < 4.78 is 36.8. The Morgan fingerprint density at radius 2 is 1.72 bits per heavy atom. The highest BCUT2D eigenvalue weighted by Crippen LogP contribution is 2.12. The summed E-state index contributed by atoms with van der Waals surface area (Å²) in [6.07, 6.45) is 1.60. The van der Waals surface area contributed by atoms with Crippen molar-refractivity contribution in [2.75, 3.05) is 13.2 Å². The van der Waals surface area contributed by atoms with Gasteiger partial charge in [0, 0.05) is 13.2 Å². The lowest BCUT2D eigenvalue weighted by atomic mass is 10.1. The molecule has 0 saturated carbocycles. The number of rotatable bonds is 8. The summed E-state index contributed by atoms with van der Waals surface area (Å²) in [6.45, 7) is 5.24. The molecule has 2 nitrogen and oxygen atoms in total. The molecule has 0 atom stereocenters. The van der Waals surface area contributed by atoms with Crippen molar-refractivity contribution in [2.24, 2.45) is 0 Å². The maximum absolute atomic E-state index is 13.0. The lowest BCUT2D eigenvalue weighted by Gasteiger charge is -2.14. The third-order valence-corrected chi connectivity index (χ3v) is 4.88. The van der Waals surface area contributed by atoms with E-state index in [2.05, 4.69) is 0 Å². The second-order valence-corrected chi connectivity index (χ2v) is 6.08. The summed E-state index contributed by atoms with van der Waals surface area (Å²) in [6, 6.07) is 4.94. The van der Waals surface area contributed by atoms with Crippen LogP contribution in [0.25, 0.3) is 0 Å². The van der Waals surface area contributed by atoms with E-state index < -0.39 is 20.9 Å². The SMILES string of the molecule is CCO[SiH](CCCc1ccc(F)c(F)c1)OCC. The molecule has 1 aromatic rings. The van der Waals surface area contributed by atoms with Crippen LogP contribution in [0, 0.1) is 11.6 Å². The van der Waals surface area contributed by atoms with Crippen LogP contribution in [0.4, 0.5) is 8.78 Å². The van der Waals surface area contributed by atoms with Gasteiger partial charge in [-0.1, -0.05) is 6.07 Å². The van der Waals surface area contributed by atoms with E-state index in [1.807, 2.05) is 13.8 Å². The van der Waals surface area contributed by atoms with Gasteiger partial charge in [-0.05, 0) is 50.4 Å². The molecule has 0 radical (unpaired) electrons. The molecule has 0 bridgehead atoms. The van der Waals surface area contributed by atoms with E-state index in [1.54, 1.807) is 6.07 Å². The predicted molar refractivity (Wildman–Crippen MR) is 69.9 cm³/mol. The van der Waals surface area contributed by atoms with Gasteiger partial charge in [0.15, 0.2) is 11.6 Å². The zero-order valence-electron chi connectivity index (χ0n) is 10.9. The van der Waals surface area contributed by atoms with Gasteiger partial charge in [-0.2, -0.15) is 0 Å². The van der Waals surface area contributed by atoms with E-state index in [0.29, 0.717) is 13.2 Å². The van der Waals surface area contributed by atoms with Crippen molar-refractivity contribution in [1.82, 2.24) is 0 Å². The van der Waals surface area contributed by atoms with Crippen molar-refractivity contribution in [3.05, 3.63) is 35.4 Å². The molecule has 0 N–H and O–H groups in total. The molecule has 0 spiro atoms. The summed E-state index contributed by atoms with van der Waals surface area (Å²) in [5.74, 6) is -1.58. The largest absolute Gasteiger partial charge is 0.397 e. The average molecular weight is 274 g/mol. The number of hydrogen-bond acceptors (Lipinski definition) is 2. The molecule has 0 unspecified atom stereocenters. The van der Waals surface area contributed by atoms with Crippen LogP contribution in [0.15, 0.2) is 18.2 Å². The minimum absolute atomic E-state index is 0.669. The van der Waals surface area contributed by atoms with E-state index in [-0.39, 0.29) is 0 Å². The fourth-order valence-corrected chi connectivity index (χ4v) is 3.47. The Labute approximate surface area is 109 Å². The Kier molecular flexibility index (Phi) is 7.08. The van der Waals surface area contributed by atoms with Gasteiger partial charge in [-0.3, -0.25) is 0 Å². The molecule has 0 aromatic heterocycles. The van der Waals surface area contributed by atoms with Crippen molar-refractivity contribution in [2.45, 2.75) is 32.7 Å². The molecule has 0 aliphatic carbocycles. The summed E-state index contributed by atoms with van der Waals surface area (Å²) in [5, 5.41) is 0. The van der Waals surface area contributed by atoms with Gasteiger partial charge in [0.25, 0.3) is 0 Å². The summed E-state index contributed by atoms with van der Waals surface area (Å²) in [5.41, 5.74) is 0.814. The first-order valence-corrected chi connectivity index (χ1v) is 8.10. The maximum Gasteiger partial charge on any atom is 0.321 e. The fourth-order valence-electron chi connectivity index (χ4n) is 1.75. The lowest BCUT2D eigenvalue weighted by Crippen LogP contribution is -2.22. The van der Waals surface area contributed by atoms with E-state index in [1.165, 1.54) is 12.1 Å². The molecule has 0 amide bonds. The molecule has 0 saturated heterocycles. The predicted octanol–water partition coefficient (Wildman–Crippen LogP) is 3.19. The van der Waals surface area contributed by atoms with E-state index in [0.717, 1.165) is 24.4 Å². The van der Waals surface area contributed by atoms with Gasteiger partial charge in [-0.25, -0.2) is 8.78 Å². The normalized spacial score (nSPS) is 11.2. The summed E-state index contributed by atoms with van der Waals surface area (Å²) in [7, 11) is -1.56. The third kappa shape index (κ3) is 5.24. The van der Waals surface area contributed by atoms with Gasteiger partial charge in [0.1, 0.15) is 0 Å². The molecule has 0 aliphatic heterocycles. The molecule has 0 heterocycles. The van der Waals surface area contributed by atoms with Crippen molar-refractivity contribution >= 4 is 9.28 Å². The van der Waals surface area contributed by atoms with Crippen LogP contribution in [0.3, 0.4) is 0 Å². The highest BCUT2D eigenvalue weighted by molar-refractivity contribution is 6.44. The highest BCUT2D eigenvalue weighted by atomic mass is 28.3. The third-order valence-electron chi connectivity index (χ3n) is 2.59. The van der Waals surface area contributed by atoms with Crippen LogP contribution in [0.2, 0.25) is 6.04 Å². The van der Waals surface area contributed by atoms with Crippen molar-refractivity contribution < 1.29 is 17.6 Å². The number of aryl methyl sites for hydroxylation is 1. The Balaban J connectivity index is 2.37. The van der Waals surface area contributed by atoms with Crippen molar-refractivity contribution in [1.29, 1.82) is 0 Å². The van der Waals surface area contributed by atoms with E-state index >= 15 is 0 Å². The second-order valence-electron chi connectivity index (χ2n) is 3.98. The number of halogens is 2. The van der Waals surface area contributed by atoms with Crippen LogP contribution >= 0.6 is 0 Å². The standard InChI is InChI=1S/C13H20F2O2Si/c1-3-16-18(17-4-2)9-5-6-11-7-8-12(14)13(15)10-11/h7-8,10,18H,3-6,9H2,1-2H3. The van der Waals surface area contributed by atoms with Crippen molar-refractivity contribution in [3.63, 3.8) is 0 Å². The summed E-state index contributed by atoms with van der Waals surface area (Å²) >= 11 is 0. The quantitative estimate of drug-likeness (QED) is 0.678. The van der Waals surface area contributed by atoms with Crippen LogP contribution < -0.4 is 0 Å². The minimum Gasteiger partial charge on any atom is -0.397 e. The first-order chi connectivity index (χ1) is 8.67. The molecule has 1 rings (SSSR count). The zero-order chi connectivity index (χ0) is 13.4. The smallest absolute Gasteiger partial charge is 0.321 e. The monoisotopic (exact) mass is 274 g/mol. The van der Waals surface area contributed by atoms with Crippen LogP contribution in [-0.2, 0) is 15.3 Å². The second kappa shape index (κ2) is 8.34. The zero-order valence-corrected chi connectivity index (χ0v) is 12.1. The Bertz CT molecular complexity index is 355. The molecule has 1 aromatic carbocycles. The minimum atomic E-state index is -1.56. The molecule has 18 heavy (non-hydrogen) atoms. The van der Waals surface area contributed by atoms with Gasteiger partial charge < -0.3 is 8.85 Å². The van der Waals surface area contributed by atoms with Crippen LogP contribution in [0.5, 0.6) is 0 Å². The van der Waals surface area contributed by atoms with E-state index in [9.17, 15) is 8.78 Å². The average Bonchev–Trinajstić information content (AvgIpc) is 2.34. The molecular formula is C13H20F2O2Si. The lowest BCUT2D eigenvalue weighted by molar-refractivity contribution is 0.213. The van der Waals surface area contributed by atoms with Gasteiger partial charge in [-0.15, -0.1) is 0 Å². The topological polar surface area (TPSA) is 18.5 Å². The highest BCUT2D eigenvalue weighted by Gasteiger charge is 2.11. The van der Waals surface area contributed by atoms with Gasteiger partial charge >= 0.3 is 9.28 Å². The first-order valence-electron chi connectivity index (χ1n) is 6.34. The summed E-state index contributed by atoms with van der Waals surface area (Å²) in [4.78, 5) is 0. The van der Waals surface area contributed by atoms with Gasteiger partial charge in [0.2, 0.25) is 0 Å².